The highest BCUT2D eigenvalue weighted by Gasteiger charge is 2.39. The minimum absolute atomic E-state index is 0.0711. The van der Waals surface area contributed by atoms with Crippen LogP contribution in [0.2, 0.25) is 0 Å². The fourth-order valence-electron chi connectivity index (χ4n) is 10.2. The fourth-order valence-corrected chi connectivity index (χ4v) is 10.2. The van der Waals surface area contributed by atoms with E-state index in [0.717, 1.165) is 23.8 Å². The summed E-state index contributed by atoms with van der Waals surface area (Å²) in [5.74, 6) is -11.1. The lowest BCUT2D eigenvalue weighted by molar-refractivity contribution is -0.141. The van der Waals surface area contributed by atoms with Crippen LogP contribution in [0.1, 0.15) is 149 Å². The van der Waals surface area contributed by atoms with E-state index in [2.05, 4.69) is 26.6 Å². The summed E-state index contributed by atoms with van der Waals surface area (Å²) in [6.45, 7) is 8.80. The zero-order valence-electron chi connectivity index (χ0n) is 51.0. The van der Waals surface area contributed by atoms with Gasteiger partial charge in [-0.25, -0.2) is 8.78 Å². The Kier molecular flexibility index (Phi) is 28.7. The molecular weight excluding hydrogens is 1150 g/mol. The van der Waals surface area contributed by atoms with Gasteiger partial charge in [0.15, 0.2) is 5.78 Å². The molecule has 1 unspecified atom stereocenters. The van der Waals surface area contributed by atoms with Crippen LogP contribution in [0, 0.1) is 28.9 Å². The van der Waals surface area contributed by atoms with Crippen LogP contribution in [0.25, 0.3) is 11.1 Å². The van der Waals surface area contributed by atoms with E-state index in [1.807, 2.05) is 30.3 Å². The van der Waals surface area contributed by atoms with Crippen LogP contribution >= 0.6 is 0 Å². The number of aliphatic hydroxyl groups is 1. The fraction of sp³-hybridized carbons (Fsp3) is 0.548. The lowest BCUT2D eigenvalue weighted by Gasteiger charge is -2.41. The number of nitrogens with one attached hydrogen (secondary N) is 5. The molecule has 482 valence electrons. The van der Waals surface area contributed by atoms with Gasteiger partial charge in [0.25, 0.3) is 0 Å². The predicted molar refractivity (Wildman–Crippen MR) is 318 cm³/mol. The summed E-state index contributed by atoms with van der Waals surface area (Å²) in [6.07, 6.45) is 2.34. The number of imide groups is 1. The van der Waals surface area contributed by atoms with Crippen molar-refractivity contribution in [3.8, 4) is 11.1 Å². The van der Waals surface area contributed by atoms with Crippen LogP contribution < -0.4 is 38.1 Å². The number of rotatable bonds is 38. The third kappa shape index (κ3) is 23.1. The molecule has 9 amide bonds. The first-order valence-electron chi connectivity index (χ1n) is 29.7. The molecule has 0 radical (unpaired) electrons. The number of carboxylic acid groups (broad SMARTS) is 1. The topological polar surface area (TPSA) is 369 Å². The van der Waals surface area contributed by atoms with Gasteiger partial charge in [0, 0.05) is 106 Å². The van der Waals surface area contributed by atoms with E-state index in [-0.39, 0.29) is 106 Å². The van der Waals surface area contributed by atoms with Gasteiger partial charge in [-0.05, 0) is 80.7 Å². The normalized spacial score (nSPS) is 15.2. The molecule has 11 N–H and O–H groups in total. The number of hydrogen-bond acceptors (Lipinski definition) is 14. The molecule has 3 aromatic rings. The van der Waals surface area contributed by atoms with Gasteiger partial charge in [-0.3, -0.25) is 62.4 Å². The number of benzene rings is 2. The number of nitrogens with two attached hydrogens (primary N) is 2. The molecule has 1 aliphatic rings. The molecule has 1 aliphatic heterocycles. The van der Waals surface area contributed by atoms with Gasteiger partial charge >= 0.3 is 5.97 Å². The Balaban J connectivity index is 1.51. The number of carbonyl (C=O) groups excluding carboxylic acids is 11. The van der Waals surface area contributed by atoms with E-state index < -0.39 is 132 Å². The first kappa shape index (κ1) is 72.2. The second-order valence-corrected chi connectivity index (χ2v) is 23.5. The molecule has 1 aromatic heterocycles. The summed E-state index contributed by atoms with van der Waals surface area (Å²) in [4.78, 5) is 158. The minimum atomic E-state index is -1.74. The number of carboxylic acids is 1. The number of aliphatic hydroxyl groups excluding tert-OH is 1. The maximum absolute atomic E-state index is 15.4. The van der Waals surface area contributed by atoms with E-state index in [1.165, 1.54) is 23.6 Å². The monoisotopic (exact) mass is 1230 g/mol. The number of nitrogens with zero attached hydrogens (tertiary/aromatic N) is 3. The van der Waals surface area contributed by atoms with Crippen LogP contribution in [-0.4, -0.2) is 152 Å². The quantitative estimate of drug-likeness (QED) is 0.0294. The Morgan fingerprint density at radius 1 is 0.761 bits per heavy atom. The number of amides is 9. The number of aliphatic carboxylic acids is 1. The van der Waals surface area contributed by atoms with Gasteiger partial charge in [-0.1, -0.05) is 71.4 Å². The van der Waals surface area contributed by atoms with Gasteiger partial charge in [-0.15, -0.1) is 0 Å². The highest BCUT2D eigenvalue weighted by Crippen LogP contribution is 2.41. The highest BCUT2D eigenvalue weighted by molar-refractivity contribution is 6.03. The molecule has 2 heterocycles. The van der Waals surface area contributed by atoms with Crippen molar-refractivity contribution in [1.82, 2.24) is 41.0 Å². The molecule has 0 saturated carbocycles. The molecule has 0 spiro atoms. The molecule has 88 heavy (non-hydrogen) atoms. The van der Waals surface area contributed by atoms with Crippen molar-refractivity contribution in [3.63, 3.8) is 0 Å². The van der Waals surface area contributed by atoms with Crippen molar-refractivity contribution in [2.75, 3.05) is 32.8 Å². The number of Topliss-reactive ketones (excluding diaryl/α,β-unsaturated/α-hetero) is 2. The van der Waals surface area contributed by atoms with Crippen LogP contribution in [-0.2, 0) is 64.1 Å². The average Bonchev–Trinajstić information content (AvgIpc) is 1.63. The molecular formula is C62H86F2N10O14. The number of carbonyl (C=O) groups is 12. The maximum atomic E-state index is 15.4. The van der Waals surface area contributed by atoms with Gasteiger partial charge in [-0.2, -0.15) is 0 Å². The average molecular weight is 1230 g/mol. The molecule has 0 bridgehead atoms. The summed E-state index contributed by atoms with van der Waals surface area (Å²) in [5, 5.41) is 32.3. The van der Waals surface area contributed by atoms with Gasteiger partial charge in [0.05, 0.1) is 18.5 Å². The zero-order valence-corrected chi connectivity index (χ0v) is 51.0. The van der Waals surface area contributed by atoms with E-state index in [0.29, 0.717) is 37.8 Å². The second kappa shape index (κ2) is 34.9. The van der Waals surface area contributed by atoms with Crippen molar-refractivity contribution in [1.29, 1.82) is 0 Å². The summed E-state index contributed by atoms with van der Waals surface area (Å²) < 4.78 is 31.9. The summed E-state index contributed by atoms with van der Waals surface area (Å²) in [7, 11) is 0. The zero-order chi connectivity index (χ0) is 65.4. The first-order chi connectivity index (χ1) is 41.5. The molecule has 24 nitrogen and oxygen atoms in total. The van der Waals surface area contributed by atoms with Gasteiger partial charge in [0.1, 0.15) is 42.2 Å². The number of halogens is 2. The largest absolute Gasteiger partial charge is 0.480 e. The first-order valence-corrected chi connectivity index (χ1v) is 29.7. The van der Waals surface area contributed by atoms with Gasteiger partial charge < -0.3 is 57.7 Å². The minimum Gasteiger partial charge on any atom is -0.480 e. The summed E-state index contributed by atoms with van der Waals surface area (Å²) in [6, 6.07) is 7.23. The molecule has 4 rings (SSSR count). The number of unbranched alkanes of at least 4 members (excludes halogenated alkanes) is 3. The van der Waals surface area contributed by atoms with Crippen molar-refractivity contribution < 1.29 is 76.5 Å². The van der Waals surface area contributed by atoms with Crippen LogP contribution in [0.3, 0.4) is 0 Å². The summed E-state index contributed by atoms with van der Waals surface area (Å²) in [5.41, 5.74) is 11.6. The number of ketones is 2. The predicted octanol–water partition coefficient (Wildman–Crippen LogP) is 3.23. The van der Waals surface area contributed by atoms with Crippen LogP contribution in [0.5, 0.6) is 0 Å². The van der Waals surface area contributed by atoms with Crippen LogP contribution in [0.15, 0.2) is 60.8 Å². The molecule has 0 aliphatic carbocycles. The maximum Gasteiger partial charge on any atom is 0.320 e. The van der Waals surface area contributed by atoms with Gasteiger partial charge in [0.2, 0.25) is 53.2 Å². The van der Waals surface area contributed by atoms with Crippen molar-refractivity contribution >= 4 is 70.7 Å². The van der Waals surface area contributed by atoms with Crippen molar-refractivity contribution in [2.45, 2.75) is 168 Å². The third-order valence-corrected chi connectivity index (χ3v) is 15.0. The van der Waals surface area contributed by atoms with Crippen molar-refractivity contribution in [2.24, 2.45) is 28.7 Å². The Morgan fingerprint density at radius 3 is 2.09 bits per heavy atom. The third-order valence-electron chi connectivity index (χ3n) is 15.0. The number of hydrogen-bond donors (Lipinski definition) is 9. The van der Waals surface area contributed by atoms with E-state index in [9.17, 15) is 67.0 Å². The van der Waals surface area contributed by atoms with Crippen molar-refractivity contribution in [3.05, 3.63) is 83.7 Å². The van der Waals surface area contributed by atoms with E-state index in [4.69, 9.17) is 16.6 Å². The summed E-state index contributed by atoms with van der Waals surface area (Å²) >= 11 is 0. The lowest BCUT2D eigenvalue weighted by atomic mass is 9.82. The number of likely N-dealkylation sites (tertiary alicyclic amines) is 1. The van der Waals surface area contributed by atoms with E-state index in [1.54, 1.807) is 44.5 Å². The second-order valence-electron chi connectivity index (χ2n) is 23.5. The molecule has 1 saturated heterocycles. The Hall–Kier alpha value is -8.26. The Labute approximate surface area is 511 Å². The molecule has 7 atom stereocenters. The number of primary amides is 1. The SMILES string of the molecule is CC1CC(=O)N(CCCCCC(=O)CCC(=O)N[C@@H](C)C(=O)C[C@@H](C)C(=O)N[C@@H](CC(N)=O)C(=O)N[C@@H](CCN(C(=O)CO)[C@@H](c2cc(-c3cc(F)ccc3F)cn2Cc2ccccc2)C(C)(C)C)C(=O)NCCC(=O)NCCCC[C@H](N)C(=O)O)C1=O. The standard InChI is InChI=1S/C62H86F2N10O14/c1-37(29-50(77)39(3)69-53(80)22-20-43(76)17-11-8-14-27-74-54(81)30-38(2)60(74)86)57(83)71-48(33-51(66)78)59(85)70-47(58(84)68-26-23-52(79)67-25-13-12-18-46(65)61(87)88)24-28-73(55(82)36-75)56(62(4,5)6)49-31-41(44-32-42(63)19-21-45(44)64)35-72(49)34-40-15-9-7-10-16-40/h7,9-10,15-16,19,21,31-32,35,37-39,46-48,56,75H,8,11-14,17-18,20,22-30,33-34,36,65H2,1-6H3,(H2,66,78)(H,67,79)(H,68,84)(H,69,80)(H,70,85)(H,71,83)(H,87,88)/t37-,38?,39+,46+,47+,48+,56+/m1/s1. The Bertz CT molecular complexity index is 2970. The van der Waals surface area contributed by atoms with Crippen LogP contribution in [0.4, 0.5) is 8.78 Å². The molecule has 2 aromatic carbocycles. The van der Waals surface area contributed by atoms with E-state index >= 15 is 4.39 Å². The highest BCUT2D eigenvalue weighted by atomic mass is 19.1. The Morgan fingerprint density at radius 2 is 1.45 bits per heavy atom. The smallest absolute Gasteiger partial charge is 0.320 e. The molecule has 26 heteroatoms. The lowest BCUT2D eigenvalue weighted by Crippen LogP contribution is -2.56. The number of aromatic nitrogens is 1. The molecule has 1 fully saturated rings.